The molecule has 0 bridgehead atoms. The van der Waals surface area contributed by atoms with Crippen LogP contribution in [0.25, 0.3) is 0 Å². The highest BCUT2D eigenvalue weighted by Gasteiger charge is 2.25. The predicted octanol–water partition coefficient (Wildman–Crippen LogP) is 1.03. The van der Waals surface area contributed by atoms with Crippen LogP contribution in [0.2, 0.25) is 0 Å². The Hall–Kier alpha value is -1.30. The second kappa shape index (κ2) is 9.66. The molecule has 1 fully saturated rings. The summed E-state index contributed by atoms with van der Waals surface area (Å²) in [5.41, 5.74) is 0. The van der Waals surface area contributed by atoms with Crippen molar-refractivity contribution in [1.82, 2.24) is 15.1 Å². The van der Waals surface area contributed by atoms with Crippen LogP contribution >= 0.6 is 0 Å². The van der Waals surface area contributed by atoms with E-state index >= 15 is 0 Å². The number of nitrogens with one attached hydrogen (secondary N) is 1. The molecule has 0 saturated carbocycles. The molecule has 1 rings (SSSR count). The fourth-order valence-electron chi connectivity index (χ4n) is 2.70. The molecule has 1 aliphatic rings. The Kier molecular flexibility index (Phi) is 8.24. The standard InChI is InChI=1S/C16H32N4O2/c1-13(2)10-14-6-8-20(12-14)16(17-7-9-22-5)18-11-15(21)19(3)4/h13-14H,6-12H2,1-5H3,(H,17,18). The van der Waals surface area contributed by atoms with Crippen molar-refractivity contribution < 1.29 is 9.53 Å². The summed E-state index contributed by atoms with van der Waals surface area (Å²) in [5, 5.41) is 3.31. The number of likely N-dealkylation sites (N-methyl/N-ethyl adjacent to an activating group) is 1. The Morgan fingerprint density at radius 1 is 1.45 bits per heavy atom. The Bertz CT molecular complexity index is 369. The van der Waals surface area contributed by atoms with E-state index in [4.69, 9.17) is 4.74 Å². The van der Waals surface area contributed by atoms with Gasteiger partial charge in [0.25, 0.3) is 0 Å². The van der Waals surface area contributed by atoms with E-state index < -0.39 is 0 Å². The van der Waals surface area contributed by atoms with Gasteiger partial charge in [-0.2, -0.15) is 0 Å². The van der Waals surface area contributed by atoms with Gasteiger partial charge in [0.2, 0.25) is 5.91 Å². The fourth-order valence-corrected chi connectivity index (χ4v) is 2.70. The molecule has 6 heteroatoms. The molecule has 1 saturated heterocycles. The SMILES string of the molecule is COCCNC(=NCC(=O)N(C)C)N1CCC(CC(C)C)C1. The molecule has 1 aliphatic heterocycles. The van der Waals surface area contributed by atoms with E-state index in [9.17, 15) is 4.79 Å². The minimum Gasteiger partial charge on any atom is -0.383 e. The number of rotatable bonds is 7. The molecule has 1 atom stereocenters. The van der Waals surface area contributed by atoms with Crippen LogP contribution in [0, 0.1) is 11.8 Å². The van der Waals surface area contributed by atoms with Gasteiger partial charge in [-0.3, -0.25) is 4.79 Å². The van der Waals surface area contributed by atoms with Crippen LogP contribution < -0.4 is 5.32 Å². The molecule has 1 heterocycles. The molecular formula is C16H32N4O2. The lowest BCUT2D eigenvalue weighted by molar-refractivity contribution is -0.127. The van der Waals surface area contributed by atoms with E-state index in [1.807, 2.05) is 0 Å². The zero-order valence-corrected chi connectivity index (χ0v) is 14.8. The Morgan fingerprint density at radius 2 is 2.18 bits per heavy atom. The van der Waals surface area contributed by atoms with Gasteiger partial charge in [-0.1, -0.05) is 13.8 Å². The van der Waals surface area contributed by atoms with Gasteiger partial charge in [-0.25, -0.2) is 4.99 Å². The van der Waals surface area contributed by atoms with E-state index in [1.165, 1.54) is 12.8 Å². The van der Waals surface area contributed by atoms with Crippen LogP contribution in [0.15, 0.2) is 4.99 Å². The van der Waals surface area contributed by atoms with Gasteiger partial charge in [0, 0.05) is 40.8 Å². The van der Waals surface area contributed by atoms with Gasteiger partial charge in [-0.15, -0.1) is 0 Å². The Morgan fingerprint density at radius 3 is 2.77 bits per heavy atom. The van der Waals surface area contributed by atoms with Crippen molar-refractivity contribution in [2.75, 3.05) is 54.0 Å². The number of hydrogen-bond donors (Lipinski definition) is 1. The molecule has 0 aromatic carbocycles. The van der Waals surface area contributed by atoms with Gasteiger partial charge in [0.1, 0.15) is 6.54 Å². The zero-order chi connectivity index (χ0) is 16.5. The van der Waals surface area contributed by atoms with Crippen LogP contribution in [0.3, 0.4) is 0 Å². The number of ether oxygens (including phenoxy) is 1. The lowest BCUT2D eigenvalue weighted by Crippen LogP contribution is -2.42. The van der Waals surface area contributed by atoms with Crippen LogP contribution in [-0.4, -0.2) is 75.7 Å². The second-order valence-electron chi connectivity index (χ2n) is 6.58. The van der Waals surface area contributed by atoms with Crippen molar-refractivity contribution in [2.45, 2.75) is 26.7 Å². The molecule has 0 radical (unpaired) electrons. The molecular weight excluding hydrogens is 280 g/mol. The smallest absolute Gasteiger partial charge is 0.243 e. The van der Waals surface area contributed by atoms with E-state index in [-0.39, 0.29) is 12.5 Å². The molecule has 0 aromatic rings. The summed E-state index contributed by atoms with van der Waals surface area (Å²) in [4.78, 5) is 20.1. The topological polar surface area (TPSA) is 57.2 Å². The highest BCUT2D eigenvalue weighted by molar-refractivity contribution is 5.85. The first-order chi connectivity index (χ1) is 10.4. The molecule has 0 aromatic heterocycles. The van der Waals surface area contributed by atoms with Crippen molar-refractivity contribution in [3.63, 3.8) is 0 Å². The summed E-state index contributed by atoms with van der Waals surface area (Å²) >= 11 is 0. The maximum absolute atomic E-state index is 11.7. The molecule has 1 N–H and O–H groups in total. The average Bonchev–Trinajstić information content (AvgIpc) is 2.89. The van der Waals surface area contributed by atoms with Crippen LogP contribution in [-0.2, 0) is 9.53 Å². The first-order valence-corrected chi connectivity index (χ1v) is 8.16. The number of carbonyl (C=O) groups is 1. The number of carbonyl (C=O) groups excluding carboxylic acids is 1. The lowest BCUT2D eigenvalue weighted by Gasteiger charge is -2.22. The number of aliphatic imine (C=N–C) groups is 1. The van der Waals surface area contributed by atoms with Crippen molar-refractivity contribution in [3.05, 3.63) is 0 Å². The van der Waals surface area contributed by atoms with Crippen molar-refractivity contribution >= 4 is 11.9 Å². The number of methoxy groups -OCH3 is 1. The molecule has 0 spiro atoms. The molecule has 22 heavy (non-hydrogen) atoms. The van der Waals surface area contributed by atoms with Gasteiger partial charge in [0.05, 0.1) is 6.61 Å². The number of guanidine groups is 1. The number of nitrogens with zero attached hydrogens (tertiary/aromatic N) is 3. The maximum atomic E-state index is 11.7. The third kappa shape index (κ3) is 6.64. The van der Waals surface area contributed by atoms with Crippen molar-refractivity contribution in [3.8, 4) is 0 Å². The van der Waals surface area contributed by atoms with E-state index in [0.717, 1.165) is 30.9 Å². The minimum absolute atomic E-state index is 0.0176. The summed E-state index contributed by atoms with van der Waals surface area (Å²) in [5.74, 6) is 2.29. The highest BCUT2D eigenvalue weighted by atomic mass is 16.5. The molecule has 1 unspecified atom stereocenters. The Balaban J connectivity index is 2.61. The third-order valence-electron chi connectivity index (χ3n) is 3.84. The van der Waals surface area contributed by atoms with Gasteiger partial charge >= 0.3 is 0 Å². The summed E-state index contributed by atoms with van der Waals surface area (Å²) in [7, 11) is 5.19. The summed E-state index contributed by atoms with van der Waals surface area (Å²) < 4.78 is 5.08. The van der Waals surface area contributed by atoms with Gasteiger partial charge in [-0.05, 0) is 24.7 Å². The van der Waals surface area contributed by atoms with Gasteiger partial charge in [0.15, 0.2) is 5.96 Å². The summed E-state index contributed by atoms with van der Waals surface area (Å²) in [6.07, 6.45) is 2.45. The largest absolute Gasteiger partial charge is 0.383 e. The lowest BCUT2D eigenvalue weighted by atomic mass is 9.97. The summed E-state index contributed by atoms with van der Waals surface area (Å²) in [6.45, 7) is 8.09. The van der Waals surface area contributed by atoms with E-state index in [0.29, 0.717) is 13.2 Å². The monoisotopic (exact) mass is 312 g/mol. The third-order valence-corrected chi connectivity index (χ3v) is 3.84. The fraction of sp³-hybridized carbons (Fsp3) is 0.875. The van der Waals surface area contributed by atoms with E-state index in [2.05, 4.69) is 29.1 Å². The van der Waals surface area contributed by atoms with Crippen molar-refractivity contribution in [2.24, 2.45) is 16.8 Å². The second-order valence-corrected chi connectivity index (χ2v) is 6.58. The molecule has 128 valence electrons. The van der Waals surface area contributed by atoms with Crippen LogP contribution in [0.5, 0.6) is 0 Å². The zero-order valence-electron chi connectivity index (χ0n) is 14.8. The first-order valence-electron chi connectivity index (χ1n) is 8.16. The van der Waals surface area contributed by atoms with Crippen LogP contribution in [0.4, 0.5) is 0 Å². The van der Waals surface area contributed by atoms with Crippen molar-refractivity contribution in [1.29, 1.82) is 0 Å². The quantitative estimate of drug-likeness (QED) is 0.433. The molecule has 1 amide bonds. The first kappa shape index (κ1) is 18.7. The normalized spacial score (nSPS) is 18.9. The molecule has 0 aliphatic carbocycles. The highest BCUT2D eigenvalue weighted by Crippen LogP contribution is 2.23. The average molecular weight is 312 g/mol. The number of likely N-dealkylation sites (tertiary alicyclic amines) is 1. The number of amides is 1. The number of hydrogen-bond acceptors (Lipinski definition) is 3. The summed E-state index contributed by atoms with van der Waals surface area (Å²) in [6, 6.07) is 0. The van der Waals surface area contributed by atoms with Crippen LogP contribution in [0.1, 0.15) is 26.7 Å². The molecule has 6 nitrogen and oxygen atoms in total. The maximum Gasteiger partial charge on any atom is 0.243 e. The predicted molar refractivity (Wildman–Crippen MR) is 90.0 cm³/mol. The van der Waals surface area contributed by atoms with E-state index in [1.54, 1.807) is 26.1 Å². The van der Waals surface area contributed by atoms with Gasteiger partial charge < -0.3 is 19.9 Å². The minimum atomic E-state index is 0.0176. The Labute approximate surface area is 134 Å².